The Labute approximate surface area is 251 Å². The maximum atomic E-state index is 15.3. The van der Waals surface area contributed by atoms with Gasteiger partial charge in [0.05, 0.1) is 23.9 Å². The van der Waals surface area contributed by atoms with Gasteiger partial charge in [0, 0.05) is 29.7 Å². The smallest absolute Gasteiger partial charge is 0.257 e. The lowest BCUT2D eigenvalue weighted by Gasteiger charge is -2.20. The minimum absolute atomic E-state index is 0.0609. The van der Waals surface area contributed by atoms with E-state index in [-0.39, 0.29) is 29.9 Å². The number of nitrogens with one attached hydrogen (secondary N) is 1. The molecule has 2 aromatic heterocycles. The number of aryl methyl sites for hydroxylation is 3. The fourth-order valence-corrected chi connectivity index (χ4v) is 4.40. The molecule has 1 N–H and O–H groups in total. The Morgan fingerprint density at radius 2 is 1.81 bits per heavy atom. The molecule has 0 aliphatic rings. The van der Waals surface area contributed by atoms with E-state index >= 15 is 4.39 Å². The van der Waals surface area contributed by atoms with Gasteiger partial charge in [0.1, 0.15) is 17.5 Å². The standard InChI is InChI=1S/C29H32FN3O2.C5H6N2O/c1-6-7-12-26-24(28(35)33(19(2)32-26)18-27(34)29(3,4)5)15-21-14-13-20(16-25(21)30)23-11-9-8-10-22(23)17-31;1-4-6-3-2-5(8)7-4/h8-11,13-14,16H,6-7,12,15,18H2,1-5H3;2-3H,1H3,(H,6,7,8). The largest absolute Gasteiger partial charge is 0.311 e. The predicted molar refractivity (Wildman–Crippen MR) is 165 cm³/mol. The zero-order valence-electron chi connectivity index (χ0n) is 25.6. The molecule has 224 valence electrons. The van der Waals surface area contributed by atoms with Crippen LogP contribution in [0.3, 0.4) is 0 Å². The molecule has 4 rings (SSSR count). The number of nitrogens with zero attached hydrogens (tertiary/aromatic N) is 4. The third kappa shape index (κ3) is 8.65. The first-order chi connectivity index (χ1) is 20.3. The van der Waals surface area contributed by atoms with Crippen molar-refractivity contribution in [2.24, 2.45) is 5.41 Å². The molecule has 0 aliphatic carbocycles. The molecule has 0 aliphatic heterocycles. The van der Waals surface area contributed by atoms with E-state index in [1.807, 2.05) is 20.8 Å². The number of carbonyl (C=O) groups excluding carboxylic acids is 1. The topological polar surface area (TPSA) is 122 Å². The maximum absolute atomic E-state index is 15.3. The number of aromatic amines is 1. The molecule has 0 fully saturated rings. The van der Waals surface area contributed by atoms with Crippen LogP contribution >= 0.6 is 0 Å². The average Bonchev–Trinajstić information content (AvgIpc) is 2.96. The Morgan fingerprint density at radius 3 is 2.40 bits per heavy atom. The molecular formula is C34H38FN5O3. The molecule has 0 unspecified atom stereocenters. The van der Waals surface area contributed by atoms with E-state index in [1.165, 1.54) is 22.9 Å². The minimum Gasteiger partial charge on any atom is -0.311 e. The Balaban J connectivity index is 0.000000546. The molecule has 0 atom stereocenters. The summed E-state index contributed by atoms with van der Waals surface area (Å²) in [5.41, 5.74) is 2.20. The van der Waals surface area contributed by atoms with Gasteiger partial charge in [-0.2, -0.15) is 5.26 Å². The lowest BCUT2D eigenvalue weighted by molar-refractivity contribution is -0.127. The highest BCUT2D eigenvalue weighted by Gasteiger charge is 2.24. The van der Waals surface area contributed by atoms with E-state index in [4.69, 9.17) is 0 Å². The number of nitriles is 1. The highest BCUT2D eigenvalue weighted by Crippen LogP contribution is 2.26. The summed E-state index contributed by atoms with van der Waals surface area (Å²) >= 11 is 0. The average molecular weight is 584 g/mol. The number of Topliss-reactive ketones (excluding diaryl/α,β-unsaturated/α-hetero) is 1. The summed E-state index contributed by atoms with van der Waals surface area (Å²) in [6, 6.07) is 15.4. The van der Waals surface area contributed by atoms with Crippen LogP contribution in [0.1, 0.15) is 74.6 Å². The van der Waals surface area contributed by atoms with Crippen LogP contribution in [0.2, 0.25) is 0 Å². The van der Waals surface area contributed by atoms with Gasteiger partial charge in [-0.1, -0.05) is 64.4 Å². The van der Waals surface area contributed by atoms with Gasteiger partial charge in [-0.15, -0.1) is 0 Å². The normalized spacial score (nSPS) is 10.9. The van der Waals surface area contributed by atoms with Gasteiger partial charge in [-0.3, -0.25) is 19.0 Å². The van der Waals surface area contributed by atoms with Crippen LogP contribution in [-0.2, 0) is 24.2 Å². The summed E-state index contributed by atoms with van der Waals surface area (Å²) in [7, 11) is 0. The summed E-state index contributed by atoms with van der Waals surface area (Å²) in [6.07, 6.45) is 3.98. The Hall–Kier alpha value is -4.71. The number of benzene rings is 2. The highest BCUT2D eigenvalue weighted by molar-refractivity contribution is 5.83. The van der Waals surface area contributed by atoms with Gasteiger partial charge in [0.15, 0.2) is 5.78 Å². The number of rotatable bonds is 8. The highest BCUT2D eigenvalue weighted by atomic mass is 19.1. The van der Waals surface area contributed by atoms with Crippen molar-refractivity contribution in [2.45, 2.75) is 73.8 Å². The molecule has 8 nitrogen and oxygen atoms in total. The van der Waals surface area contributed by atoms with Gasteiger partial charge in [-0.25, -0.2) is 14.4 Å². The minimum atomic E-state index is -0.589. The van der Waals surface area contributed by atoms with Gasteiger partial charge < -0.3 is 4.98 Å². The van der Waals surface area contributed by atoms with Crippen LogP contribution in [0.5, 0.6) is 0 Å². The number of ketones is 1. The summed E-state index contributed by atoms with van der Waals surface area (Å²) in [5.74, 6) is 0.626. The molecule has 2 aromatic carbocycles. The number of aromatic nitrogens is 4. The fraction of sp³-hybridized carbons (Fsp3) is 0.353. The lowest BCUT2D eigenvalue weighted by atomic mass is 9.90. The van der Waals surface area contributed by atoms with E-state index < -0.39 is 11.2 Å². The third-order valence-corrected chi connectivity index (χ3v) is 7.02. The molecule has 0 saturated carbocycles. The molecule has 0 saturated heterocycles. The molecule has 0 bridgehead atoms. The van der Waals surface area contributed by atoms with Crippen molar-refractivity contribution in [3.63, 3.8) is 0 Å². The summed E-state index contributed by atoms with van der Waals surface area (Å²) in [4.78, 5) is 47.6. The van der Waals surface area contributed by atoms with Crippen molar-refractivity contribution >= 4 is 5.78 Å². The van der Waals surface area contributed by atoms with Crippen molar-refractivity contribution in [1.29, 1.82) is 5.26 Å². The van der Waals surface area contributed by atoms with E-state index in [1.54, 1.807) is 50.2 Å². The first-order valence-electron chi connectivity index (χ1n) is 14.3. The second-order valence-corrected chi connectivity index (χ2v) is 11.4. The first-order valence-corrected chi connectivity index (χ1v) is 14.3. The monoisotopic (exact) mass is 583 g/mol. The van der Waals surface area contributed by atoms with E-state index in [2.05, 4.69) is 27.9 Å². The van der Waals surface area contributed by atoms with Crippen LogP contribution in [-0.4, -0.2) is 25.3 Å². The predicted octanol–water partition coefficient (Wildman–Crippen LogP) is 5.86. The number of carbonyl (C=O) groups is 1. The van der Waals surface area contributed by atoms with Crippen LogP contribution < -0.4 is 11.1 Å². The van der Waals surface area contributed by atoms with Crippen LogP contribution in [0.4, 0.5) is 4.39 Å². The van der Waals surface area contributed by atoms with Crippen molar-refractivity contribution in [3.05, 3.63) is 115 Å². The fourth-order valence-electron chi connectivity index (χ4n) is 4.40. The number of halogens is 1. The molecule has 9 heteroatoms. The molecule has 2 heterocycles. The molecule has 4 aromatic rings. The second-order valence-electron chi connectivity index (χ2n) is 11.4. The summed E-state index contributed by atoms with van der Waals surface area (Å²) < 4.78 is 16.7. The van der Waals surface area contributed by atoms with Gasteiger partial charge in [0.25, 0.3) is 11.1 Å². The third-order valence-electron chi connectivity index (χ3n) is 7.02. The Morgan fingerprint density at radius 1 is 1.09 bits per heavy atom. The second kappa shape index (κ2) is 14.5. The molecule has 43 heavy (non-hydrogen) atoms. The van der Waals surface area contributed by atoms with Crippen molar-refractivity contribution in [2.75, 3.05) is 0 Å². The van der Waals surface area contributed by atoms with Crippen molar-refractivity contribution in [3.8, 4) is 17.2 Å². The zero-order chi connectivity index (χ0) is 31.7. The van der Waals surface area contributed by atoms with Crippen molar-refractivity contribution < 1.29 is 9.18 Å². The number of H-pyrrole nitrogens is 1. The SMILES string of the molecule is CCCCc1nc(C)n(CC(=O)C(C)(C)C)c(=O)c1Cc1ccc(-c2ccccc2C#N)cc1F.Cc1nccc(=O)[nH]1. The summed E-state index contributed by atoms with van der Waals surface area (Å²) in [6.45, 7) is 10.9. The van der Waals surface area contributed by atoms with Crippen LogP contribution in [0, 0.1) is 36.4 Å². The quantitative estimate of drug-likeness (QED) is 0.277. The molecule has 0 spiro atoms. The lowest BCUT2D eigenvalue weighted by Crippen LogP contribution is -2.35. The van der Waals surface area contributed by atoms with E-state index in [0.717, 1.165) is 12.8 Å². The number of unbranched alkanes of at least 4 members (excludes halogenated alkanes) is 1. The van der Waals surface area contributed by atoms with Crippen LogP contribution in [0.25, 0.3) is 11.1 Å². The van der Waals surface area contributed by atoms with Gasteiger partial charge in [-0.05, 0) is 55.5 Å². The van der Waals surface area contributed by atoms with Crippen molar-refractivity contribution in [1.82, 2.24) is 19.5 Å². The number of hydrogen-bond donors (Lipinski definition) is 1. The van der Waals surface area contributed by atoms with E-state index in [9.17, 15) is 19.6 Å². The van der Waals surface area contributed by atoms with E-state index in [0.29, 0.717) is 51.6 Å². The molecular weight excluding hydrogens is 545 g/mol. The van der Waals surface area contributed by atoms with Gasteiger partial charge >= 0.3 is 0 Å². The zero-order valence-corrected chi connectivity index (χ0v) is 25.6. The summed E-state index contributed by atoms with van der Waals surface area (Å²) in [5, 5.41) is 9.38. The molecule has 0 amide bonds. The Bertz CT molecular complexity index is 1760. The van der Waals surface area contributed by atoms with Gasteiger partial charge in [0.2, 0.25) is 0 Å². The molecule has 0 radical (unpaired) electrons. The Kier molecular flexibility index (Phi) is 11.0. The maximum Gasteiger partial charge on any atom is 0.257 e. The number of hydrogen-bond acceptors (Lipinski definition) is 6. The van der Waals surface area contributed by atoms with Crippen LogP contribution in [0.15, 0.2) is 64.3 Å². The first kappa shape index (κ1) is 32.8.